The summed E-state index contributed by atoms with van der Waals surface area (Å²) in [5.41, 5.74) is 1.62. The predicted molar refractivity (Wildman–Crippen MR) is 85.7 cm³/mol. The van der Waals surface area contributed by atoms with Gasteiger partial charge in [-0.3, -0.25) is 14.4 Å². The number of nitrogens with zero attached hydrogens (tertiary/aromatic N) is 1. The summed E-state index contributed by atoms with van der Waals surface area (Å²) in [5.74, 6) is -0.174. The van der Waals surface area contributed by atoms with Crippen molar-refractivity contribution in [3.05, 3.63) is 35.4 Å². The lowest BCUT2D eigenvalue weighted by Crippen LogP contribution is -2.28. The van der Waals surface area contributed by atoms with E-state index in [-0.39, 0.29) is 24.1 Å². The number of hydrogen-bond acceptors (Lipinski definition) is 3. The van der Waals surface area contributed by atoms with E-state index in [1.165, 1.54) is 6.92 Å². The summed E-state index contributed by atoms with van der Waals surface area (Å²) in [6.07, 6.45) is 3.11. The number of benzene rings is 1. The summed E-state index contributed by atoms with van der Waals surface area (Å²) in [5, 5.41) is 2.58. The zero-order chi connectivity index (χ0) is 16.5. The van der Waals surface area contributed by atoms with Gasteiger partial charge in [0.15, 0.2) is 0 Å². The minimum Gasteiger partial charge on any atom is -0.349 e. The number of carbonyl (C=O) groups is 3. The number of nitrogens with one attached hydrogen (secondary N) is 1. The second-order valence-corrected chi connectivity index (χ2v) is 5.58. The topological polar surface area (TPSA) is 66.5 Å². The third-order valence-electron chi connectivity index (χ3n) is 3.29. The lowest BCUT2D eigenvalue weighted by molar-refractivity contribution is -0.128. The highest BCUT2D eigenvalue weighted by molar-refractivity contribution is 5.96. The van der Waals surface area contributed by atoms with Crippen LogP contribution in [-0.4, -0.2) is 43.1 Å². The summed E-state index contributed by atoms with van der Waals surface area (Å²) < 4.78 is 0. The van der Waals surface area contributed by atoms with Gasteiger partial charge < -0.3 is 10.2 Å². The molecule has 0 aliphatic rings. The fraction of sp³-hybridized carbons (Fsp3) is 0.471. The molecule has 1 rings (SSSR count). The zero-order valence-electron chi connectivity index (χ0n) is 13.5. The van der Waals surface area contributed by atoms with Crippen LogP contribution in [0.5, 0.6) is 0 Å². The van der Waals surface area contributed by atoms with Crippen molar-refractivity contribution in [2.45, 2.75) is 32.6 Å². The van der Waals surface area contributed by atoms with Gasteiger partial charge in [0.05, 0.1) is 6.54 Å². The Morgan fingerprint density at radius 2 is 1.86 bits per heavy atom. The van der Waals surface area contributed by atoms with Gasteiger partial charge in [-0.05, 0) is 43.9 Å². The SMILES string of the molecule is CC(=O)CNC(=O)c1cccc(CCCCC(=O)N(C)C)c1. The molecular weight excluding hydrogens is 280 g/mol. The molecule has 0 spiro atoms. The molecule has 0 heterocycles. The molecule has 5 heteroatoms. The van der Waals surface area contributed by atoms with E-state index in [0.717, 1.165) is 24.8 Å². The highest BCUT2D eigenvalue weighted by Crippen LogP contribution is 2.10. The van der Waals surface area contributed by atoms with Gasteiger partial charge in [-0.1, -0.05) is 12.1 Å². The van der Waals surface area contributed by atoms with E-state index >= 15 is 0 Å². The van der Waals surface area contributed by atoms with Gasteiger partial charge in [0.2, 0.25) is 5.91 Å². The van der Waals surface area contributed by atoms with E-state index in [0.29, 0.717) is 12.0 Å². The molecule has 0 saturated carbocycles. The molecule has 2 amide bonds. The Morgan fingerprint density at radius 1 is 1.14 bits per heavy atom. The van der Waals surface area contributed by atoms with Gasteiger partial charge >= 0.3 is 0 Å². The summed E-state index contributed by atoms with van der Waals surface area (Å²) in [4.78, 5) is 35.8. The van der Waals surface area contributed by atoms with Crippen LogP contribution in [0.2, 0.25) is 0 Å². The number of amides is 2. The molecule has 0 unspecified atom stereocenters. The molecule has 0 aliphatic carbocycles. The van der Waals surface area contributed by atoms with E-state index in [9.17, 15) is 14.4 Å². The Hall–Kier alpha value is -2.17. The molecule has 120 valence electrons. The van der Waals surface area contributed by atoms with Crippen LogP contribution in [-0.2, 0) is 16.0 Å². The first-order chi connectivity index (χ1) is 10.4. The molecular formula is C17H24N2O3. The van der Waals surface area contributed by atoms with Crippen LogP contribution in [0.15, 0.2) is 24.3 Å². The Bertz CT molecular complexity index is 538. The molecule has 0 aliphatic heterocycles. The number of hydrogen-bond donors (Lipinski definition) is 1. The summed E-state index contributed by atoms with van der Waals surface area (Å²) >= 11 is 0. The third kappa shape index (κ3) is 6.52. The maximum absolute atomic E-state index is 11.9. The van der Waals surface area contributed by atoms with Crippen molar-refractivity contribution in [2.75, 3.05) is 20.6 Å². The molecule has 0 radical (unpaired) electrons. The Labute approximate surface area is 131 Å². The molecule has 0 atom stereocenters. The predicted octanol–water partition coefficient (Wildman–Crippen LogP) is 1.81. The van der Waals surface area contributed by atoms with Gasteiger partial charge in [-0.2, -0.15) is 0 Å². The number of Topliss-reactive ketones (excluding diaryl/α,β-unsaturated/α-hetero) is 1. The zero-order valence-corrected chi connectivity index (χ0v) is 13.5. The maximum atomic E-state index is 11.9. The number of rotatable bonds is 8. The Morgan fingerprint density at radius 3 is 2.50 bits per heavy atom. The van der Waals surface area contributed by atoms with E-state index in [2.05, 4.69) is 5.32 Å². The molecule has 1 aromatic carbocycles. The van der Waals surface area contributed by atoms with Crippen molar-refractivity contribution >= 4 is 17.6 Å². The molecule has 1 N–H and O–H groups in total. The van der Waals surface area contributed by atoms with Crippen molar-refractivity contribution < 1.29 is 14.4 Å². The van der Waals surface area contributed by atoms with Gasteiger partial charge in [0.1, 0.15) is 5.78 Å². The molecule has 0 fully saturated rings. The van der Waals surface area contributed by atoms with Crippen LogP contribution in [0.1, 0.15) is 42.1 Å². The lowest BCUT2D eigenvalue weighted by atomic mass is 10.0. The first kappa shape index (κ1) is 17.9. The summed E-state index contributed by atoms with van der Waals surface area (Å²) in [7, 11) is 3.51. The third-order valence-corrected chi connectivity index (χ3v) is 3.29. The van der Waals surface area contributed by atoms with Crippen LogP contribution in [0.25, 0.3) is 0 Å². The van der Waals surface area contributed by atoms with Crippen LogP contribution in [0.4, 0.5) is 0 Å². The first-order valence-corrected chi connectivity index (χ1v) is 7.47. The van der Waals surface area contributed by atoms with Crippen LogP contribution in [0.3, 0.4) is 0 Å². The normalized spacial score (nSPS) is 10.1. The van der Waals surface area contributed by atoms with Crippen molar-refractivity contribution in [2.24, 2.45) is 0 Å². The van der Waals surface area contributed by atoms with E-state index in [1.54, 1.807) is 25.1 Å². The largest absolute Gasteiger partial charge is 0.349 e. The average molecular weight is 304 g/mol. The lowest BCUT2D eigenvalue weighted by Gasteiger charge is -2.10. The van der Waals surface area contributed by atoms with Crippen molar-refractivity contribution in [3.8, 4) is 0 Å². The van der Waals surface area contributed by atoms with Crippen LogP contribution >= 0.6 is 0 Å². The van der Waals surface area contributed by atoms with E-state index in [4.69, 9.17) is 0 Å². The second kappa shape index (κ2) is 8.97. The molecule has 1 aromatic rings. The fourth-order valence-corrected chi connectivity index (χ4v) is 2.00. The average Bonchev–Trinajstić information content (AvgIpc) is 2.49. The Kier molecular flexibility index (Phi) is 7.29. The standard InChI is InChI=1S/C17H24N2O3/c1-13(20)12-18-17(22)15-9-6-8-14(11-15)7-4-5-10-16(21)19(2)3/h6,8-9,11H,4-5,7,10,12H2,1-3H3,(H,18,22). The molecule has 0 saturated heterocycles. The molecule has 0 bridgehead atoms. The van der Waals surface area contributed by atoms with Gasteiger partial charge in [0, 0.05) is 26.1 Å². The molecule has 5 nitrogen and oxygen atoms in total. The fourth-order valence-electron chi connectivity index (χ4n) is 2.00. The monoisotopic (exact) mass is 304 g/mol. The minimum absolute atomic E-state index is 0.0513. The maximum Gasteiger partial charge on any atom is 0.251 e. The highest BCUT2D eigenvalue weighted by atomic mass is 16.2. The second-order valence-electron chi connectivity index (χ2n) is 5.58. The van der Waals surface area contributed by atoms with Crippen LogP contribution < -0.4 is 5.32 Å². The summed E-state index contributed by atoms with van der Waals surface area (Å²) in [6, 6.07) is 7.37. The van der Waals surface area contributed by atoms with Crippen molar-refractivity contribution in [3.63, 3.8) is 0 Å². The number of aryl methyl sites for hydroxylation is 1. The quantitative estimate of drug-likeness (QED) is 0.745. The first-order valence-electron chi connectivity index (χ1n) is 7.47. The number of ketones is 1. The minimum atomic E-state index is -0.236. The molecule has 0 aromatic heterocycles. The number of unbranched alkanes of at least 4 members (excludes halogenated alkanes) is 1. The Balaban J connectivity index is 2.45. The van der Waals surface area contributed by atoms with Crippen LogP contribution in [0, 0.1) is 0 Å². The van der Waals surface area contributed by atoms with Gasteiger partial charge in [-0.25, -0.2) is 0 Å². The van der Waals surface area contributed by atoms with E-state index in [1.807, 2.05) is 18.2 Å². The molecule has 22 heavy (non-hydrogen) atoms. The highest BCUT2D eigenvalue weighted by Gasteiger charge is 2.07. The van der Waals surface area contributed by atoms with Gasteiger partial charge in [-0.15, -0.1) is 0 Å². The van der Waals surface area contributed by atoms with E-state index < -0.39 is 0 Å². The summed E-state index contributed by atoms with van der Waals surface area (Å²) in [6.45, 7) is 1.49. The van der Waals surface area contributed by atoms with Gasteiger partial charge in [0.25, 0.3) is 5.91 Å². The smallest absolute Gasteiger partial charge is 0.251 e. The number of carbonyl (C=O) groups excluding carboxylic acids is 3. The van der Waals surface area contributed by atoms with Crippen molar-refractivity contribution in [1.29, 1.82) is 0 Å². The van der Waals surface area contributed by atoms with Crippen molar-refractivity contribution in [1.82, 2.24) is 10.2 Å².